The fourth-order valence-corrected chi connectivity index (χ4v) is 3.61. The van der Waals surface area contributed by atoms with E-state index in [2.05, 4.69) is 15.3 Å². The van der Waals surface area contributed by atoms with Gasteiger partial charge in [0.15, 0.2) is 5.78 Å². The third-order valence-corrected chi connectivity index (χ3v) is 5.07. The maximum Gasteiger partial charge on any atom is 0.223 e. The first-order valence-electron chi connectivity index (χ1n) is 8.63. The van der Waals surface area contributed by atoms with E-state index in [1.807, 2.05) is 0 Å². The molecule has 3 N–H and O–H groups in total. The van der Waals surface area contributed by atoms with Gasteiger partial charge in [-0.15, -0.1) is 0 Å². The van der Waals surface area contributed by atoms with Gasteiger partial charge in [-0.1, -0.05) is 32.1 Å². The van der Waals surface area contributed by atoms with Crippen LogP contribution in [0.2, 0.25) is 0 Å². The summed E-state index contributed by atoms with van der Waals surface area (Å²) in [7, 11) is 0. The number of carbonyl (C=O) groups is 2. The molecular formula is C17H25N3O3. The Kier molecular flexibility index (Phi) is 5.10. The van der Waals surface area contributed by atoms with Crippen LogP contribution >= 0.6 is 0 Å². The van der Waals surface area contributed by atoms with Crippen molar-refractivity contribution in [2.24, 2.45) is 17.8 Å². The van der Waals surface area contributed by atoms with Crippen molar-refractivity contribution in [2.45, 2.75) is 51.0 Å². The first kappa shape index (κ1) is 16.2. The van der Waals surface area contributed by atoms with Gasteiger partial charge in [0.1, 0.15) is 5.69 Å². The number of aliphatic hydroxyl groups is 1. The van der Waals surface area contributed by atoms with Crippen molar-refractivity contribution in [3.05, 3.63) is 18.2 Å². The van der Waals surface area contributed by atoms with Crippen LogP contribution in [0.5, 0.6) is 0 Å². The summed E-state index contributed by atoms with van der Waals surface area (Å²) >= 11 is 0. The molecule has 0 saturated heterocycles. The van der Waals surface area contributed by atoms with E-state index >= 15 is 0 Å². The highest BCUT2D eigenvalue weighted by molar-refractivity contribution is 6.02. The van der Waals surface area contributed by atoms with Gasteiger partial charge in [0.2, 0.25) is 5.91 Å². The predicted molar refractivity (Wildman–Crippen MR) is 84.7 cm³/mol. The molecule has 0 bridgehead atoms. The molecule has 6 heteroatoms. The molecule has 0 radical (unpaired) electrons. The molecule has 1 amide bonds. The van der Waals surface area contributed by atoms with E-state index in [1.165, 1.54) is 44.6 Å². The lowest BCUT2D eigenvalue weighted by atomic mass is 9.85. The fraction of sp³-hybridized carbons (Fsp3) is 0.706. The molecule has 1 heterocycles. The van der Waals surface area contributed by atoms with Crippen molar-refractivity contribution in [2.75, 3.05) is 6.54 Å². The number of ketones is 1. The Morgan fingerprint density at radius 3 is 2.78 bits per heavy atom. The van der Waals surface area contributed by atoms with E-state index in [0.717, 1.165) is 6.42 Å². The molecular weight excluding hydrogens is 294 g/mol. The van der Waals surface area contributed by atoms with Gasteiger partial charge in [0.25, 0.3) is 0 Å². The molecule has 6 nitrogen and oxygen atoms in total. The summed E-state index contributed by atoms with van der Waals surface area (Å²) in [5.74, 6) is -0.0825. The van der Waals surface area contributed by atoms with Crippen molar-refractivity contribution in [3.8, 4) is 0 Å². The van der Waals surface area contributed by atoms with Crippen molar-refractivity contribution < 1.29 is 14.7 Å². The minimum Gasteiger partial charge on any atom is -0.391 e. The van der Waals surface area contributed by atoms with Crippen LogP contribution in [0.15, 0.2) is 12.5 Å². The van der Waals surface area contributed by atoms with Crippen LogP contribution in [0.4, 0.5) is 0 Å². The van der Waals surface area contributed by atoms with Crippen LogP contribution in [-0.4, -0.2) is 39.4 Å². The SMILES string of the molecule is O=C(NCC(O)CC1CCCCC1)[C@H]1C[C@H]1C(=O)c1cnc[nH]1. The second-order valence-electron chi connectivity index (χ2n) is 6.92. The summed E-state index contributed by atoms with van der Waals surface area (Å²) in [6.45, 7) is 0.288. The second kappa shape index (κ2) is 7.25. The summed E-state index contributed by atoms with van der Waals surface area (Å²) in [6, 6.07) is 0. The Bertz CT molecular complexity index is 537. The van der Waals surface area contributed by atoms with Gasteiger partial charge >= 0.3 is 0 Å². The zero-order chi connectivity index (χ0) is 16.2. The lowest BCUT2D eigenvalue weighted by Crippen LogP contribution is -2.35. The first-order valence-corrected chi connectivity index (χ1v) is 8.63. The van der Waals surface area contributed by atoms with Gasteiger partial charge < -0.3 is 15.4 Å². The number of aromatic nitrogens is 2. The predicted octanol–water partition coefficient (Wildman–Crippen LogP) is 1.68. The number of hydrogen-bond donors (Lipinski definition) is 3. The summed E-state index contributed by atoms with van der Waals surface area (Å²) in [4.78, 5) is 30.8. The van der Waals surface area contributed by atoms with Gasteiger partial charge in [-0.3, -0.25) is 9.59 Å². The highest BCUT2D eigenvalue weighted by Crippen LogP contribution is 2.40. The molecule has 3 rings (SSSR count). The molecule has 1 unspecified atom stereocenters. The molecule has 1 aromatic rings. The van der Waals surface area contributed by atoms with E-state index < -0.39 is 6.10 Å². The van der Waals surface area contributed by atoms with Crippen LogP contribution in [-0.2, 0) is 4.79 Å². The van der Waals surface area contributed by atoms with Gasteiger partial charge in [0.05, 0.1) is 18.6 Å². The number of amides is 1. The third kappa shape index (κ3) is 4.19. The molecule has 2 fully saturated rings. The minimum absolute atomic E-state index is 0.0506. The Balaban J connectivity index is 1.37. The summed E-state index contributed by atoms with van der Waals surface area (Å²) < 4.78 is 0. The summed E-state index contributed by atoms with van der Waals surface area (Å²) in [5, 5.41) is 12.9. The van der Waals surface area contributed by atoms with Gasteiger partial charge in [-0.05, 0) is 18.8 Å². The quantitative estimate of drug-likeness (QED) is 0.666. The number of nitrogens with one attached hydrogen (secondary N) is 2. The van der Waals surface area contributed by atoms with Crippen LogP contribution in [0.3, 0.4) is 0 Å². The largest absolute Gasteiger partial charge is 0.391 e. The van der Waals surface area contributed by atoms with E-state index in [1.54, 1.807) is 0 Å². The topological polar surface area (TPSA) is 95.1 Å². The van der Waals surface area contributed by atoms with E-state index in [0.29, 0.717) is 18.0 Å². The third-order valence-electron chi connectivity index (χ3n) is 5.07. The maximum absolute atomic E-state index is 12.1. The van der Waals surface area contributed by atoms with Gasteiger partial charge in [-0.2, -0.15) is 0 Å². The number of rotatable bonds is 7. The maximum atomic E-state index is 12.1. The molecule has 0 spiro atoms. The van der Waals surface area contributed by atoms with Crippen LogP contribution in [0.25, 0.3) is 0 Å². The van der Waals surface area contributed by atoms with Crippen molar-refractivity contribution >= 4 is 11.7 Å². The number of H-pyrrole nitrogens is 1. The zero-order valence-electron chi connectivity index (χ0n) is 13.3. The average Bonchev–Trinajstić information content (AvgIpc) is 3.17. The Morgan fingerprint density at radius 2 is 2.09 bits per heavy atom. The van der Waals surface area contributed by atoms with Crippen LogP contribution < -0.4 is 5.32 Å². The number of carbonyl (C=O) groups excluding carboxylic acids is 2. The highest BCUT2D eigenvalue weighted by Gasteiger charge is 2.48. The fourth-order valence-electron chi connectivity index (χ4n) is 3.61. The number of hydrogen-bond acceptors (Lipinski definition) is 4. The standard InChI is InChI=1S/C17H25N3O3/c21-12(6-11-4-2-1-3-5-11)8-19-17(23)14-7-13(14)16(22)15-9-18-10-20-15/h9-14,21H,1-8H2,(H,18,20)(H,19,23)/t12?,13-,14+/m1/s1. The average molecular weight is 319 g/mol. The number of imidazole rings is 1. The summed E-state index contributed by atoms with van der Waals surface area (Å²) in [6.07, 6.45) is 10.0. The van der Waals surface area contributed by atoms with Crippen LogP contribution in [0, 0.1) is 17.8 Å². The zero-order valence-corrected chi connectivity index (χ0v) is 13.3. The number of Topliss-reactive ketones (excluding diaryl/α,β-unsaturated/α-hetero) is 1. The van der Waals surface area contributed by atoms with E-state index in [9.17, 15) is 14.7 Å². The molecule has 2 saturated carbocycles. The normalized spacial score (nSPS) is 25.8. The monoisotopic (exact) mass is 319 g/mol. The molecule has 1 aromatic heterocycles. The van der Waals surface area contributed by atoms with Crippen molar-refractivity contribution in [1.82, 2.24) is 15.3 Å². The smallest absolute Gasteiger partial charge is 0.223 e. The molecule has 0 aromatic carbocycles. The molecule has 2 aliphatic carbocycles. The Morgan fingerprint density at radius 1 is 1.30 bits per heavy atom. The molecule has 0 aliphatic heterocycles. The molecule has 23 heavy (non-hydrogen) atoms. The number of nitrogens with zero attached hydrogens (tertiary/aromatic N) is 1. The Hall–Kier alpha value is -1.69. The molecule has 126 valence electrons. The van der Waals surface area contributed by atoms with Crippen molar-refractivity contribution in [1.29, 1.82) is 0 Å². The molecule has 3 atom stereocenters. The van der Waals surface area contributed by atoms with Gasteiger partial charge in [-0.25, -0.2) is 4.98 Å². The van der Waals surface area contributed by atoms with Crippen molar-refractivity contribution in [3.63, 3.8) is 0 Å². The number of aromatic amines is 1. The minimum atomic E-state index is -0.484. The van der Waals surface area contributed by atoms with E-state index in [-0.39, 0.29) is 30.1 Å². The molecule has 2 aliphatic rings. The van der Waals surface area contributed by atoms with Gasteiger partial charge in [0, 0.05) is 18.4 Å². The highest BCUT2D eigenvalue weighted by atomic mass is 16.3. The lowest BCUT2D eigenvalue weighted by molar-refractivity contribution is -0.123. The second-order valence-corrected chi connectivity index (χ2v) is 6.92. The van der Waals surface area contributed by atoms with E-state index in [4.69, 9.17) is 0 Å². The first-order chi connectivity index (χ1) is 11.1. The number of aliphatic hydroxyl groups excluding tert-OH is 1. The Labute approximate surface area is 136 Å². The summed E-state index contributed by atoms with van der Waals surface area (Å²) in [5.41, 5.74) is 0.461. The lowest BCUT2D eigenvalue weighted by Gasteiger charge is -2.24. The van der Waals surface area contributed by atoms with Crippen LogP contribution in [0.1, 0.15) is 55.4 Å².